The monoisotopic (exact) mass is 256 g/mol. The van der Waals surface area contributed by atoms with Crippen LogP contribution in [0, 0.1) is 5.82 Å². The van der Waals surface area contributed by atoms with Gasteiger partial charge in [0.2, 0.25) is 0 Å². The summed E-state index contributed by atoms with van der Waals surface area (Å²) in [6.07, 6.45) is -0.752. The van der Waals surface area contributed by atoms with Crippen molar-refractivity contribution in [1.82, 2.24) is 0 Å². The van der Waals surface area contributed by atoms with E-state index in [1.165, 1.54) is 13.2 Å². The molecule has 0 heterocycles. The summed E-state index contributed by atoms with van der Waals surface area (Å²) < 4.78 is 18.1. The lowest BCUT2D eigenvalue weighted by Gasteiger charge is -2.14. The van der Waals surface area contributed by atoms with E-state index in [2.05, 4.69) is 0 Å². The van der Waals surface area contributed by atoms with Crippen LogP contribution in [-0.4, -0.2) is 29.3 Å². The van der Waals surface area contributed by atoms with Crippen molar-refractivity contribution in [3.05, 3.63) is 29.6 Å². The Morgan fingerprint density at radius 3 is 2.22 bits per heavy atom. The number of ether oxygens (including phenoxy) is 1. The van der Waals surface area contributed by atoms with Gasteiger partial charge in [0.15, 0.2) is 0 Å². The van der Waals surface area contributed by atoms with E-state index in [4.69, 9.17) is 14.9 Å². The molecule has 0 bridgehead atoms. The maximum absolute atomic E-state index is 13.3. The van der Waals surface area contributed by atoms with Crippen LogP contribution >= 0.6 is 0 Å². The second-order valence-corrected chi connectivity index (χ2v) is 3.82. The predicted octanol–water partition coefficient (Wildman–Crippen LogP) is 1.87. The molecule has 2 N–H and O–H groups in total. The zero-order chi connectivity index (χ0) is 13.7. The van der Waals surface area contributed by atoms with E-state index in [9.17, 15) is 14.0 Å². The van der Waals surface area contributed by atoms with E-state index < -0.39 is 23.7 Å². The first-order chi connectivity index (χ1) is 8.42. The minimum atomic E-state index is -1.13. The number of halogens is 1. The maximum Gasteiger partial charge on any atom is 0.303 e. The lowest BCUT2D eigenvalue weighted by Crippen LogP contribution is -2.11. The molecule has 0 aliphatic rings. The fourth-order valence-corrected chi connectivity index (χ4v) is 1.67. The quantitative estimate of drug-likeness (QED) is 0.811. The molecule has 1 aromatic carbocycles. The van der Waals surface area contributed by atoms with Gasteiger partial charge in [-0.15, -0.1) is 0 Å². The zero-order valence-electron chi connectivity index (χ0n) is 9.72. The molecule has 0 fully saturated rings. The molecule has 0 saturated carbocycles. The van der Waals surface area contributed by atoms with Crippen molar-refractivity contribution < 1.29 is 28.9 Å². The molecular formula is C12H13FO5. The molecule has 18 heavy (non-hydrogen) atoms. The number of carboxylic acids is 2. The Kier molecular flexibility index (Phi) is 4.65. The molecule has 0 aliphatic carbocycles. The summed E-state index contributed by atoms with van der Waals surface area (Å²) in [6, 6.07) is 3.71. The Bertz CT molecular complexity index is 442. The lowest BCUT2D eigenvalue weighted by atomic mass is 9.92. The van der Waals surface area contributed by atoms with Crippen LogP contribution in [0.1, 0.15) is 24.3 Å². The molecule has 0 atom stereocenters. The van der Waals surface area contributed by atoms with Gasteiger partial charge in [-0.25, -0.2) is 4.39 Å². The molecule has 6 heteroatoms. The second-order valence-electron chi connectivity index (χ2n) is 3.82. The van der Waals surface area contributed by atoms with Gasteiger partial charge >= 0.3 is 11.9 Å². The summed E-state index contributed by atoms with van der Waals surface area (Å²) in [4.78, 5) is 21.4. The van der Waals surface area contributed by atoms with Crippen molar-refractivity contribution in [2.75, 3.05) is 7.11 Å². The maximum atomic E-state index is 13.3. The first kappa shape index (κ1) is 14.0. The Morgan fingerprint density at radius 2 is 1.78 bits per heavy atom. The van der Waals surface area contributed by atoms with Crippen LogP contribution in [0.25, 0.3) is 0 Å². The molecule has 98 valence electrons. The van der Waals surface area contributed by atoms with Crippen molar-refractivity contribution in [1.29, 1.82) is 0 Å². The largest absolute Gasteiger partial charge is 0.497 e. The first-order valence-electron chi connectivity index (χ1n) is 5.20. The third kappa shape index (κ3) is 4.04. The van der Waals surface area contributed by atoms with Gasteiger partial charge < -0.3 is 14.9 Å². The van der Waals surface area contributed by atoms with Gasteiger partial charge in [0, 0.05) is 12.0 Å². The van der Waals surface area contributed by atoms with E-state index >= 15 is 0 Å². The highest BCUT2D eigenvalue weighted by molar-refractivity contribution is 5.72. The average molecular weight is 256 g/mol. The second kappa shape index (κ2) is 6.00. The highest BCUT2D eigenvalue weighted by atomic mass is 19.1. The first-order valence-corrected chi connectivity index (χ1v) is 5.20. The summed E-state index contributed by atoms with van der Waals surface area (Å²) >= 11 is 0. The summed E-state index contributed by atoms with van der Waals surface area (Å²) in [7, 11) is 1.35. The minimum Gasteiger partial charge on any atom is -0.497 e. The van der Waals surface area contributed by atoms with Crippen LogP contribution in [-0.2, 0) is 9.59 Å². The van der Waals surface area contributed by atoms with E-state index in [1.54, 1.807) is 0 Å². The minimum absolute atomic E-state index is 0.228. The van der Waals surface area contributed by atoms with Gasteiger partial charge in [-0.1, -0.05) is 0 Å². The van der Waals surface area contributed by atoms with E-state index in [1.807, 2.05) is 0 Å². The molecule has 0 amide bonds. The van der Waals surface area contributed by atoms with Gasteiger partial charge in [-0.05, 0) is 17.7 Å². The van der Waals surface area contributed by atoms with Crippen molar-refractivity contribution in [3.63, 3.8) is 0 Å². The smallest absolute Gasteiger partial charge is 0.303 e. The normalized spacial score (nSPS) is 10.4. The number of carboxylic acid groups (broad SMARTS) is 2. The van der Waals surface area contributed by atoms with Crippen LogP contribution in [0.2, 0.25) is 0 Å². The van der Waals surface area contributed by atoms with Crippen LogP contribution in [0.3, 0.4) is 0 Å². The van der Waals surface area contributed by atoms with E-state index in [0.29, 0.717) is 5.56 Å². The Balaban J connectivity index is 3.06. The van der Waals surface area contributed by atoms with Crippen LogP contribution in [0.5, 0.6) is 5.75 Å². The number of hydrogen-bond donors (Lipinski definition) is 2. The Labute approximate surface area is 103 Å². The summed E-state index contributed by atoms with van der Waals surface area (Å²) in [5.41, 5.74) is 0.302. The molecular weight excluding hydrogens is 243 g/mol. The van der Waals surface area contributed by atoms with Crippen molar-refractivity contribution in [3.8, 4) is 5.75 Å². The number of methoxy groups -OCH3 is 1. The topological polar surface area (TPSA) is 83.8 Å². The SMILES string of the molecule is COc1cc(F)cc(C(CC(=O)O)CC(=O)O)c1. The third-order valence-corrected chi connectivity index (χ3v) is 2.44. The van der Waals surface area contributed by atoms with Crippen LogP contribution in [0.15, 0.2) is 18.2 Å². The van der Waals surface area contributed by atoms with Crippen molar-refractivity contribution >= 4 is 11.9 Å². The number of benzene rings is 1. The number of rotatable bonds is 6. The van der Waals surface area contributed by atoms with Gasteiger partial charge in [-0.3, -0.25) is 9.59 Å². The Hall–Kier alpha value is -2.11. The van der Waals surface area contributed by atoms with E-state index in [-0.39, 0.29) is 18.6 Å². The number of hydrogen-bond acceptors (Lipinski definition) is 3. The fraction of sp³-hybridized carbons (Fsp3) is 0.333. The molecule has 0 aromatic heterocycles. The molecule has 1 rings (SSSR count). The zero-order valence-corrected chi connectivity index (χ0v) is 9.72. The van der Waals surface area contributed by atoms with Gasteiger partial charge in [0.05, 0.1) is 20.0 Å². The van der Waals surface area contributed by atoms with Crippen molar-refractivity contribution in [2.24, 2.45) is 0 Å². The Morgan fingerprint density at radius 1 is 1.22 bits per heavy atom. The van der Waals surface area contributed by atoms with Gasteiger partial charge in [0.1, 0.15) is 11.6 Å². The third-order valence-electron chi connectivity index (χ3n) is 2.44. The lowest BCUT2D eigenvalue weighted by molar-refractivity contribution is -0.139. The summed E-state index contributed by atoms with van der Waals surface area (Å²) in [6.45, 7) is 0. The molecule has 1 aromatic rings. The summed E-state index contributed by atoms with van der Waals surface area (Å²) in [5.74, 6) is -3.42. The molecule has 0 spiro atoms. The summed E-state index contributed by atoms with van der Waals surface area (Å²) in [5, 5.41) is 17.5. The number of carbonyl (C=O) groups is 2. The standard InChI is InChI=1S/C12H13FO5/c1-18-10-3-7(2-9(13)6-10)8(4-11(14)15)5-12(16)17/h2-3,6,8H,4-5H2,1H3,(H,14,15)(H,16,17). The van der Waals surface area contributed by atoms with Crippen LogP contribution < -0.4 is 4.74 Å². The van der Waals surface area contributed by atoms with Gasteiger partial charge in [-0.2, -0.15) is 0 Å². The van der Waals surface area contributed by atoms with Crippen molar-refractivity contribution in [2.45, 2.75) is 18.8 Å². The van der Waals surface area contributed by atoms with Gasteiger partial charge in [0.25, 0.3) is 0 Å². The molecule has 0 saturated heterocycles. The fourth-order valence-electron chi connectivity index (χ4n) is 1.67. The van der Waals surface area contributed by atoms with E-state index in [0.717, 1.165) is 12.1 Å². The molecule has 0 unspecified atom stereocenters. The predicted molar refractivity (Wildman–Crippen MR) is 60.2 cm³/mol. The molecule has 5 nitrogen and oxygen atoms in total. The molecule has 0 radical (unpaired) electrons. The highest BCUT2D eigenvalue weighted by Gasteiger charge is 2.20. The van der Waals surface area contributed by atoms with Crippen LogP contribution in [0.4, 0.5) is 4.39 Å². The molecule has 0 aliphatic heterocycles. The average Bonchev–Trinajstić information content (AvgIpc) is 2.26. The highest BCUT2D eigenvalue weighted by Crippen LogP contribution is 2.28. The number of aliphatic carboxylic acids is 2.